The van der Waals surface area contributed by atoms with Crippen molar-refractivity contribution in [1.29, 1.82) is 0 Å². The first-order valence-electron chi connectivity index (χ1n) is 19.0. The Morgan fingerprint density at radius 3 is 1.29 bits per heavy atom. The Hall–Kier alpha value is -6.22. The Balaban J connectivity index is 0.000000150. The molecule has 6 aromatic carbocycles. The Morgan fingerprint density at radius 1 is 0.534 bits per heavy atom. The van der Waals surface area contributed by atoms with Gasteiger partial charge < -0.3 is 20.0 Å². The highest BCUT2D eigenvalue weighted by Crippen LogP contribution is 2.67. The van der Waals surface area contributed by atoms with Gasteiger partial charge in [0.05, 0.1) is 35.0 Å². The van der Waals surface area contributed by atoms with Crippen molar-refractivity contribution >= 4 is 58.3 Å². The topological polar surface area (TPSA) is 115 Å². The summed E-state index contributed by atoms with van der Waals surface area (Å²) in [5.74, 6) is -1.52. The molecular weight excluding hydrogens is 771 g/mol. The normalized spacial score (nSPS) is 22.0. The van der Waals surface area contributed by atoms with E-state index in [1.54, 1.807) is 46.2 Å². The molecule has 288 valence electrons. The van der Waals surface area contributed by atoms with E-state index >= 15 is 0 Å². The van der Waals surface area contributed by atoms with E-state index in [0.29, 0.717) is 23.1 Å². The second-order valence-electron chi connectivity index (χ2n) is 15.4. The molecule has 6 aromatic rings. The molecule has 58 heavy (non-hydrogen) atoms. The van der Waals surface area contributed by atoms with Gasteiger partial charge in [0.25, 0.3) is 0 Å². The zero-order valence-electron chi connectivity index (χ0n) is 31.0. The van der Waals surface area contributed by atoms with E-state index < -0.39 is 22.8 Å². The first-order valence-corrected chi connectivity index (χ1v) is 19.8. The van der Waals surface area contributed by atoms with Gasteiger partial charge in [-0.05, 0) is 107 Å². The summed E-state index contributed by atoms with van der Waals surface area (Å²) in [6.45, 7) is 0.706. The number of carbonyl (C=O) groups is 4. The molecule has 10 rings (SSSR count). The van der Waals surface area contributed by atoms with E-state index in [1.165, 1.54) is 0 Å². The molecule has 0 bridgehead atoms. The molecule has 0 saturated heterocycles. The van der Waals surface area contributed by atoms with Crippen LogP contribution in [0.2, 0.25) is 10.0 Å². The zero-order valence-corrected chi connectivity index (χ0v) is 32.5. The summed E-state index contributed by atoms with van der Waals surface area (Å²) in [5.41, 5.74) is 7.15. The fraction of sp³-hybridized carbons (Fsp3) is 0.167. The zero-order chi connectivity index (χ0) is 40.3. The van der Waals surface area contributed by atoms with Crippen molar-refractivity contribution in [1.82, 2.24) is 0 Å². The number of carboxylic acids is 2. The molecule has 4 aliphatic rings. The molecule has 2 aliphatic heterocycles. The standard InChI is InChI=1S/2C24H18ClNO3/c2*25-18-10-8-16(9-11-18)20-13-24(20)19-6-1-2-7-21(19)26(23(24)29)14-15-4-3-5-17(12-15)22(27)28/h2*1-12,20H,13-14H2,(H,27,28)/t2*20-,24-/m10/s1. The van der Waals surface area contributed by atoms with Crippen molar-refractivity contribution in [2.45, 2.75) is 48.6 Å². The third-order valence-corrected chi connectivity index (χ3v) is 12.6. The number of hydrogen-bond acceptors (Lipinski definition) is 4. The van der Waals surface area contributed by atoms with Crippen molar-refractivity contribution in [2.24, 2.45) is 0 Å². The predicted octanol–water partition coefficient (Wildman–Crippen LogP) is 10.0. The maximum Gasteiger partial charge on any atom is 0.335 e. The number of aromatic carboxylic acids is 2. The number of hydrogen-bond donors (Lipinski definition) is 2. The number of fused-ring (bicyclic) bond motifs is 4. The highest BCUT2D eigenvalue weighted by Gasteiger charge is 2.68. The summed E-state index contributed by atoms with van der Waals surface area (Å²) in [7, 11) is 0. The van der Waals surface area contributed by atoms with E-state index in [2.05, 4.69) is 0 Å². The molecule has 2 saturated carbocycles. The Bertz CT molecular complexity index is 2460. The van der Waals surface area contributed by atoms with Crippen LogP contribution < -0.4 is 9.80 Å². The SMILES string of the molecule is O=C(O)c1cccc(CN2C(=O)[C@@]3(C[C@H]3c3ccc(Cl)cc3)c3ccccc32)c1.O=C(O)c1cccc(CN2C(=O)[C@]3(C[C@@H]3c3ccc(Cl)cc3)c3ccccc32)c1. The smallest absolute Gasteiger partial charge is 0.335 e. The molecule has 4 atom stereocenters. The molecule has 2 heterocycles. The first kappa shape index (κ1) is 37.4. The van der Waals surface area contributed by atoms with Crippen LogP contribution in [0.25, 0.3) is 0 Å². The van der Waals surface area contributed by atoms with Crippen molar-refractivity contribution < 1.29 is 29.4 Å². The molecule has 0 unspecified atom stereocenters. The maximum atomic E-state index is 13.6. The van der Waals surface area contributed by atoms with E-state index in [-0.39, 0.29) is 34.8 Å². The third kappa shape index (κ3) is 6.24. The quantitative estimate of drug-likeness (QED) is 0.158. The number of para-hydroxylation sites is 2. The lowest BCUT2D eigenvalue weighted by molar-refractivity contribution is -0.121. The molecule has 8 nitrogen and oxygen atoms in total. The van der Waals surface area contributed by atoms with Crippen molar-refractivity contribution in [3.8, 4) is 0 Å². The monoisotopic (exact) mass is 806 g/mol. The van der Waals surface area contributed by atoms with Crippen LogP contribution in [0.5, 0.6) is 0 Å². The second kappa shape index (κ2) is 14.3. The van der Waals surface area contributed by atoms with Gasteiger partial charge in [-0.25, -0.2) is 9.59 Å². The lowest BCUT2D eigenvalue weighted by atomic mass is 9.92. The van der Waals surface area contributed by atoms with Gasteiger partial charge in [-0.15, -0.1) is 0 Å². The first-order chi connectivity index (χ1) is 28.0. The number of carboxylic acid groups (broad SMARTS) is 2. The van der Waals surface area contributed by atoms with Crippen LogP contribution in [0.15, 0.2) is 146 Å². The van der Waals surface area contributed by atoms with E-state index in [4.69, 9.17) is 23.2 Å². The Morgan fingerprint density at radius 2 is 0.914 bits per heavy atom. The average Bonchev–Trinajstić information content (AvgIpc) is 4.14. The number of nitrogens with zero attached hydrogens (tertiary/aromatic N) is 2. The number of benzene rings is 6. The predicted molar refractivity (Wildman–Crippen MR) is 223 cm³/mol. The number of carbonyl (C=O) groups excluding carboxylic acids is 2. The number of halogens is 2. The minimum Gasteiger partial charge on any atom is -0.478 e. The van der Waals surface area contributed by atoms with Crippen LogP contribution in [-0.4, -0.2) is 34.0 Å². The molecule has 2 fully saturated rings. The molecule has 0 radical (unpaired) electrons. The summed E-state index contributed by atoms with van der Waals surface area (Å²) < 4.78 is 0. The Labute approximate surface area is 344 Å². The lowest BCUT2D eigenvalue weighted by Gasteiger charge is -2.19. The van der Waals surface area contributed by atoms with Gasteiger partial charge in [0.1, 0.15) is 0 Å². The van der Waals surface area contributed by atoms with E-state index in [0.717, 1.165) is 57.6 Å². The van der Waals surface area contributed by atoms with Gasteiger partial charge in [0.2, 0.25) is 11.8 Å². The number of rotatable bonds is 8. The molecule has 2 amide bonds. The van der Waals surface area contributed by atoms with Crippen LogP contribution >= 0.6 is 23.2 Å². The van der Waals surface area contributed by atoms with Crippen LogP contribution in [0.3, 0.4) is 0 Å². The van der Waals surface area contributed by atoms with Crippen molar-refractivity contribution in [2.75, 3.05) is 9.80 Å². The highest BCUT2D eigenvalue weighted by atomic mass is 35.5. The van der Waals surface area contributed by atoms with Crippen LogP contribution in [-0.2, 0) is 33.5 Å². The van der Waals surface area contributed by atoms with Gasteiger partial charge >= 0.3 is 11.9 Å². The fourth-order valence-corrected chi connectivity index (χ4v) is 9.43. The van der Waals surface area contributed by atoms with Crippen molar-refractivity contribution in [3.05, 3.63) is 200 Å². The third-order valence-electron chi connectivity index (χ3n) is 12.1. The summed E-state index contributed by atoms with van der Waals surface area (Å²) >= 11 is 12.1. The minimum atomic E-state index is -0.971. The van der Waals surface area contributed by atoms with Crippen LogP contribution in [0.1, 0.15) is 78.8 Å². The minimum absolute atomic E-state index is 0.0828. The summed E-state index contributed by atoms with van der Waals surface area (Å²) in [6, 6.07) is 44.8. The van der Waals surface area contributed by atoms with E-state index in [1.807, 2.05) is 109 Å². The van der Waals surface area contributed by atoms with Crippen LogP contribution in [0, 0.1) is 0 Å². The summed E-state index contributed by atoms with van der Waals surface area (Å²) in [5, 5.41) is 19.9. The fourth-order valence-electron chi connectivity index (χ4n) is 9.18. The average molecular weight is 808 g/mol. The second-order valence-corrected chi connectivity index (χ2v) is 16.3. The molecule has 10 heteroatoms. The number of amides is 2. The molecule has 2 spiro atoms. The largest absolute Gasteiger partial charge is 0.478 e. The summed E-state index contributed by atoms with van der Waals surface area (Å²) in [6.07, 6.45) is 1.55. The molecule has 2 aliphatic carbocycles. The van der Waals surface area contributed by atoms with Gasteiger partial charge in [-0.2, -0.15) is 0 Å². The number of anilines is 2. The summed E-state index contributed by atoms with van der Waals surface area (Å²) in [4.78, 5) is 53.4. The van der Waals surface area contributed by atoms with Crippen molar-refractivity contribution in [3.63, 3.8) is 0 Å². The lowest BCUT2D eigenvalue weighted by Crippen LogP contribution is -2.32. The van der Waals surface area contributed by atoms with Crippen LogP contribution in [0.4, 0.5) is 11.4 Å². The highest BCUT2D eigenvalue weighted by molar-refractivity contribution is 6.30. The van der Waals surface area contributed by atoms with Gasteiger partial charge in [-0.1, -0.05) is 108 Å². The van der Waals surface area contributed by atoms with E-state index in [9.17, 15) is 29.4 Å². The van der Waals surface area contributed by atoms with Gasteiger partial charge in [-0.3, -0.25) is 9.59 Å². The van der Waals surface area contributed by atoms with Gasteiger partial charge in [0, 0.05) is 33.3 Å². The maximum absolute atomic E-state index is 13.6. The van der Waals surface area contributed by atoms with Gasteiger partial charge in [0.15, 0.2) is 0 Å². The molecule has 2 N–H and O–H groups in total. The molecular formula is C48H36Cl2N2O6. The molecule has 0 aromatic heterocycles. The Kier molecular flexibility index (Phi) is 9.22.